The molecule has 5 nitrogen and oxygen atoms in total. The van der Waals surface area contributed by atoms with E-state index >= 15 is 0 Å². The zero-order valence-corrected chi connectivity index (χ0v) is 15.2. The van der Waals surface area contributed by atoms with Crippen molar-refractivity contribution < 1.29 is 19.1 Å². The standard InChI is InChI=1S/C22H21N2O3/c1-26-23-14-11-17(12-15-23)22(25)27-16-6-13-24-20-9-4-2-7-18(20)19-8-3-5-10-21(19)24/h2-5,7-12,14-15H,6,13,16H2,1H3/q+1. The lowest BCUT2D eigenvalue weighted by Crippen LogP contribution is -2.39. The lowest BCUT2D eigenvalue weighted by molar-refractivity contribution is -0.885. The fraction of sp³-hybridized carbons (Fsp3) is 0.182. The van der Waals surface area contributed by atoms with Gasteiger partial charge in [0, 0.05) is 45.2 Å². The molecule has 0 N–H and O–H groups in total. The normalized spacial score (nSPS) is 11.0. The van der Waals surface area contributed by atoms with Gasteiger partial charge in [-0.3, -0.25) is 4.84 Å². The number of aromatic nitrogens is 2. The zero-order valence-electron chi connectivity index (χ0n) is 15.2. The molecule has 2 heterocycles. The lowest BCUT2D eigenvalue weighted by Gasteiger charge is -2.08. The highest BCUT2D eigenvalue weighted by molar-refractivity contribution is 6.07. The van der Waals surface area contributed by atoms with Gasteiger partial charge in [0.25, 0.3) is 0 Å². The van der Waals surface area contributed by atoms with Crippen molar-refractivity contribution in [1.82, 2.24) is 4.57 Å². The van der Waals surface area contributed by atoms with E-state index in [0.29, 0.717) is 12.2 Å². The van der Waals surface area contributed by atoms with Crippen LogP contribution in [0.2, 0.25) is 0 Å². The third kappa shape index (κ3) is 3.36. The fourth-order valence-electron chi connectivity index (χ4n) is 3.39. The van der Waals surface area contributed by atoms with Crippen LogP contribution < -0.4 is 9.57 Å². The first kappa shape index (κ1) is 17.1. The molecule has 0 spiro atoms. The van der Waals surface area contributed by atoms with Crippen LogP contribution in [-0.4, -0.2) is 24.3 Å². The van der Waals surface area contributed by atoms with E-state index in [-0.39, 0.29) is 5.97 Å². The van der Waals surface area contributed by atoms with Crippen molar-refractivity contribution >= 4 is 27.8 Å². The highest BCUT2D eigenvalue weighted by Crippen LogP contribution is 2.28. The first-order valence-electron chi connectivity index (χ1n) is 8.97. The van der Waals surface area contributed by atoms with Crippen LogP contribution in [0.4, 0.5) is 0 Å². The molecule has 5 heteroatoms. The summed E-state index contributed by atoms with van der Waals surface area (Å²) in [6, 6.07) is 20.2. The Morgan fingerprint density at radius 3 is 2.11 bits per heavy atom. The molecule has 0 bridgehead atoms. The van der Waals surface area contributed by atoms with Crippen LogP contribution in [0.15, 0.2) is 73.1 Å². The van der Waals surface area contributed by atoms with E-state index in [2.05, 4.69) is 53.1 Å². The number of benzene rings is 2. The van der Waals surface area contributed by atoms with Gasteiger partial charge in [0.05, 0.1) is 12.2 Å². The second kappa shape index (κ2) is 7.50. The number of fused-ring (bicyclic) bond motifs is 3. The van der Waals surface area contributed by atoms with E-state index in [1.165, 1.54) is 26.5 Å². The number of carbonyl (C=O) groups is 1. The van der Waals surface area contributed by atoms with Gasteiger partial charge >= 0.3 is 5.97 Å². The van der Waals surface area contributed by atoms with E-state index < -0.39 is 0 Å². The molecule has 4 aromatic rings. The van der Waals surface area contributed by atoms with Crippen LogP contribution in [0.1, 0.15) is 16.8 Å². The van der Waals surface area contributed by atoms with Crippen LogP contribution >= 0.6 is 0 Å². The number of rotatable bonds is 6. The lowest BCUT2D eigenvalue weighted by atomic mass is 10.2. The largest absolute Gasteiger partial charge is 0.462 e. The Labute approximate surface area is 157 Å². The molecule has 2 aromatic heterocycles. The molecule has 27 heavy (non-hydrogen) atoms. The third-order valence-electron chi connectivity index (χ3n) is 4.69. The minimum atomic E-state index is -0.319. The minimum absolute atomic E-state index is 0.319. The molecule has 0 aliphatic carbocycles. The maximum absolute atomic E-state index is 12.2. The van der Waals surface area contributed by atoms with E-state index in [1.807, 2.05) is 0 Å². The van der Waals surface area contributed by atoms with Crippen molar-refractivity contribution in [2.24, 2.45) is 0 Å². The Hall–Kier alpha value is -3.34. The predicted molar refractivity (Wildman–Crippen MR) is 103 cm³/mol. The van der Waals surface area contributed by atoms with Crippen molar-refractivity contribution in [2.75, 3.05) is 13.7 Å². The van der Waals surface area contributed by atoms with E-state index in [9.17, 15) is 4.79 Å². The summed E-state index contributed by atoms with van der Waals surface area (Å²) in [5.74, 6) is -0.319. The highest BCUT2D eigenvalue weighted by atomic mass is 16.6. The van der Waals surface area contributed by atoms with E-state index in [1.54, 1.807) is 31.6 Å². The van der Waals surface area contributed by atoms with Gasteiger partial charge in [0.2, 0.25) is 12.4 Å². The van der Waals surface area contributed by atoms with Gasteiger partial charge in [-0.2, -0.15) is 0 Å². The molecule has 0 saturated carbocycles. The fourth-order valence-corrected chi connectivity index (χ4v) is 3.39. The summed E-state index contributed by atoms with van der Waals surface area (Å²) in [4.78, 5) is 17.2. The van der Waals surface area contributed by atoms with Gasteiger partial charge in [0.1, 0.15) is 7.11 Å². The number of para-hydroxylation sites is 2. The Balaban J connectivity index is 1.43. The molecule has 0 unspecified atom stereocenters. The molecule has 0 fully saturated rings. The summed E-state index contributed by atoms with van der Waals surface area (Å²) in [7, 11) is 1.56. The quantitative estimate of drug-likeness (QED) is 0.300. The molecular formula is C22H21N2O3+. The molecule has 4 rings (SSSR count). The highest BCUT2D eigenvalue weighted by Gasteiger charge is 2.11. The summed E-state index contributed by atoms with van der Waals surface area (Å²) in [6.45, 7) is 1.17. The summed E-state index contributed by atoms with van der Waals surface area (Å²) < 4.78 is 9.23. The van der Waals surface area contributed by atoms with Crippen LogP contribution in [0, 0.1) is 0 Å². The maximum atomic E-state index is 12.2. The first-order chi connectivity index (χ1) is 13.3. The van der Waals surface area contributed by atoms with Crippen LogP contribution in [-0.2, 0) is 11.3 Å². The average Bonchev–Trinajstić information content (AvgIpc) is 3.05. The van der Waals surface area contributed by atoms with Gasteiger partial charge in [-0.25, -0.2) is 4.79 Å². The predicted octanol–water partition coefficient (Wildman–Crippen LogP) is 3.39. The molecule has 2 aromatic carbocycles. The minimum Gasteiger partial charge on any atom is -0.462 e. The number of nitrogens with zero attached hydrogens (tertiary/aromatic N) is 2. The van der Waals surface area contributed by atoms with Crippen molar-refractivity contribution in [3.8, 4) is 0 Å². The number of carbonyl (C=O) groups excluding carboxylic acids is 1. The smallest absolute Gasteiger partial charge is 0.338 e. The topological polar surface area (TPSA) is 44.3 Å². The number of hydrogen-bond donors (Lipinski definition) is 0. The van der Waals surface area contributed by atoms with Crippen LogP contribution in [0.5, 0.6) is 0 Å². The molecule has 0 saturated heterocycles. The molecule has 0 radical (unpaired) electrons. The summed E-state index contributed by atoms with van der Waals surface area (Å²) >= 11 is 0. The second-order valence-electron chi connectivity index (χ2n) is 6.30. The van der Waals surface area contributed by atoms with Gasteiger partial charge in [-0.1, -0.05) is 36.4 Å². The SMILES string of the molecule is CO[n+]1ccc(C(=O)OCCCn2c3ccccc3c3ccccc32)cc1. The Bertz CT molecular complexity index is 1030. The van der Waals surface area contributed by atoms with Crippen molar-refractivity contribution in [3.05, 3.63) is 78.6 Å². The summed E-state index contributed by atoms with van der Waals surface area (Å²) in [5.41, 5.74) is 2.93. The summed E-state index contributed by atoms with van der Waals surface area (Å²) in [5, 5.41) is 2.50. The maximum Gasteiger partial charge on any atom is 0.338 e. The average molecular weight is 361 g/mol. The Morgan fingerprint density at radius 1 is 0.926 bits per heavy atom. The van der Waals surface area contributed by atoms with Crippen molar-refractivity contribution in [1.29, 1.82) is 0 Å². The van der Waals surface area contributed by atoms with Gasteiger partial charge < -0.3 is 9.30 Å². The van der Waals surface area contributed by atoms with E-state index in [4.69, 9.17) is 9.57 Å². The Kier molecular flexibility index (Phi) is 4.75. The Morgan fingerprint density at radius 2 is 1.52 bits per heavy atom. The molecule has 0 amide bonds. The van der Waals surface area contributed by atoms with Crippen LogP contribution in [0.3, 0.4) is 0 Å². The van der Waals surface area contributed by atoms with Crippen molar-refractivity contribution in [2.45, 2.75) is 13.0 Å². The zero-order chi connectivity index (χ0) is 18.6. The number of hydrogen-bond acceptors (Lipinski definition) is 3. The summed E-state index contributed by atoms with van der Waals surface area (Å²) in [6.07, 6.45) is 4.10. The van der Waals surface area contributed by atoms with Gasteiger partial charge in [-0.05, 0) is 18.6 Å². The molecule has 0 aliphatic rings. The third-order valence-corrected chi connectivity index (χ3v) is 4.69. The van der Waals surface area contributed by atoms with Crippen molar-refractivity contribution in [3.63, 3.8) is 0 Å². The molecular weight excluding hydrogens is 340 g/mol. The monoisotopic (exact) mass is 361 g/mol. The molecule has 136 valence electrons. The molecule has 0 aliphatic heterocycles. The first-order valence-corrected chi connectivity index (χ1v) is 8.97. The van der Waals surface area contributed by atoms with E-state index in [0.717, 1.165) is 13.0 Å². The van der Waals surface area contributed by atoms with Crippen LogP contribution in [0.25, 0.3) is 21.8 Å². The number of pyridine rings is 1. The molecule has 0 atom stereocenters. The second-order valence-corrected chi connectivity index (χ2v) is 6.30. The van der Waals surface area contributed by atoms with Gasteiger partial charge in [-0.15, -0.1) is 0 Å². The number of ether oxygens (including phenoxy) is 1. The number of aryl methyl sites for hydroxylation is 1. The van der Waals surface area contributed by atoms with Gasteiger partial charge in [0.15, 0.2) is 0 Å². The number of esters is 1.